The average molecular weight is 299 g/mol. The molecule has 2 nitrogen and oxygen atoms in total. The minimum atomic E-state index is -0.650. The second-order valence-corrected chi connectivity index (χ2v) is 6.89. The van der Waals surface area contributed by atoms with Crippen LogP contribution in [0.3, 0.4) is 0 Å². The molecule has 0 aromatic carbocycles. The van der Waals surface area contributed by atoms with Crippen molar-refractivity contribution >= 4 is 5.97 Å². The molecule has 2 unspecified atom stereocenters. The third-order valence-electron chi connectivity index (χ3n) is 4.56. The maximum atomic E-state index is 10.7. The van der Waals surface area contributed by atoms with Crippen LogP contribution < -0.4 is 0 Å². The Labute approximate surface area is 132 Å². The highest BCUT2D eigenvalue weighted by atomic mass is 16.4. The number of rotatable bonds is 15. The molecule has 0 amide bonds. The highest BCUT2D eigenvalue weighted by Crippen LogP contribution is 2.18. The van der Waals surface area contributed by atoms with Gasteiger partial charge in [0.2, 0.25) is 0 Å². The summed E-state index contributed by atoms with van der Waals surface area (Å²) in [5.74, 6) is 0.0831. The number of carbonyl (C=O) groups is 1. The van der Waals surface area contributed by atoms with Gasteiger partial charge in [-0.25, -0.2) is 0 Å². The van der Waals surface area contributed by atoms with Crippen LogP contribution in [0.15, 0.2) is 0 Å². The third kappa shape index (κ3) is 14.2. The first-order valence-corrected chi connectivity index (χ1v) is 9.30. The quantitative estimate of drug-likeness (QED) is 0.353. The Kier molecular flexibility index (Phi) is 14.0. The number of carboxylic acids is 1. The Morgan fingerprint density at radius 2 is 1.19 bits per heavy atom. The monoisotopic (exact) mass is 298 g/mol. The summed E-state index contributed by atoms with van der Waals surface area (Å²) in [6.45, 7) is 6.48. The molecule has 21 heavy (non-hydrogen) atoms. The summed E-state index contributed by atoms with van der Waals surface area (Å²) in [6, 6.07) is 0. The van der Waals surface area contributed by atoms with Crippen molar-refractivity contribution in [3.63, 3.8) is 0 Å². The van der Waals surface area contributed by atoms with Crippen LogP contribution in [0.4, 0.5) is 0 Å². The zero-order valence-electron chi connectivity index (χ0n) is 14.7. The van der Waals surface area contributed by atoms with E-state index < -0.39 is 5.97 Å². The fourth-order valence-electron chi connectivity index (χ4n) is 2.84. The molecule has 2 heteroatoms. The van der Waals surface area contributed by atoms with E-state index in [1.807, 2.05) is 6.92 Å². The van der Waals surface area contributed by atoms with Crippen molar-refractivity contribution in [2.75, 3.05) is 0 Å². The van der Waals surface area contributed by atoms with E-state index in [-0.39, 0.29) is 5.92 Å². The molecule has 0 spiro atoms. The molecule has 0 aliphatic carbocycles. The standard InChI is InChI=1S/C19H38O2/c1-4-5-6-11-14-17(2)15-12-9-7-8-10-13-16-18(3)19(20)21/h17-18H,4-16H2,1-3H3,(H,20,21). The lowest BCUT2D eigenvalue weighted by atomic mass is 9.96. The molecule has 0 heterocycles. The predicted molar refractivity (Wildman–Crippen MR) is 91.7 cm³/mol. The molecule has 1 N–H and O–H groups in total. The summed E-state index contributed by atoms with van der Waals surface area (Å²) in [7, 11) is 0. The molecule has 0 aromatic heterocycles. The average Bonchev–Trinajstić information content (AvgIpc) is 2.46. The highest BCUT2D eigenvalue weighted by Gasteiger charge is 2.09. The maximum absolute atomic E-state index is 10.7. The van der Waals surface area contributed by atoms with Crippen molar-refractivity contribution < 1.29 is 9.90 Å². The van der Waals surface area contributed by atoms with Crippen LogP contribution in [0.5, 0.6) is 0 Å². The minimum absolute atomic E-state index is 0.168. The second kappa shape index (κ2) is 14.4. The topological polar surface area (TPSA) is 37.3 Å². The fraction of sp³-hybridized carbons (Fsp3) is 0.947. The van der Waals surface area contributed by atoms with Crippen LogP contribution in [0.2, 0.25) is 0 Å². The fourth-order valence-corrected chi connectivity index (χ4v) is 2.84. The minimum Gasteiger partial charge on any atom is -0.481 e. The highest BCUT2D eigenvalue weighted by molar-refractivity contribution is 5.69. The Morgan fingerprint density at radius 3 is 1.67 bits per heavy atom. The lowest BCUT2D eigenvalue weighted by Gasteiger charge is -2.11. The number of carboxylic acid groups (broad SMARTS) is 1. The summed E-state index contributed by atoms with van der Waals surface area (Å²) in [6.07, 6.45) is 16.8. The molecule has 0 saturated carbocycles. The van der Waals surface area contributed by atoms with E-state index in [9.17, 15) is 4.79 Å². The molecule has 126 valence electrons. The van der Waals surface area contributed by atoms with Crippen molar-refractivity contribution in [2.24, 2.45) is 11.8 Å². The number of unbranched alkanes of at least 4 members (excludes halogenated alkanes) is 8. The van der Waals surface area contributed by atoms with Gasteiger partial charge in [-0.1, -0.05) is 97.8 Å². The van der Waals surface area contributed by atoms with E-state index in [0.717, 1.165) is 18.8 Å². The molecule has 0 aliphatic rings. The summed E-state index contributed by atoms with van der Waals surface area (Å²) >= 11 is 0. The Morgan fingerprint density at radius 1 is 0.762 bits per heavy atom. The normalized spacial score (nSPS) is 14.0. The molecule has 0 rings (SSSR count). The van der Waals surface area contributed by atoms with Crippen LogP contribution in [-0.2, 0) is 4.79 Å². The smallest absolute Gasteiger partial charge is 0.306 e. The third-order valence-corrected chi connectivity index (χ3v) is 4.56. The zero-order valence-corrected chi connectivity index (χ0v) is 14.7. The van der Waals surface area contributed by atoms with E-state index in [0.29, 0.717) is 0 Å². The van der Waals surface area contributed by atoms with Crippen LogP contribution in [0.25, 0.3) is 0 Å². The van der Waals surface area contributed by atoms with E-state index in [2.05, 4.69) is 13.8 Å². The molecule has 0 saturated heterocycles. The van der Waals surface area contributed by atoms with Gasteiger partial charge in [0.25, 0.3) is 0 Å². The first-order valence-electron chi connectivity index (χ1n) is 9.30. The molecule has 0 aliphatic heterocycles. The molecule has 2 atom stereocenters. The van der Waals surface area contributed by atoms with Crippen LogP contribution in [0, 0.1) is 11.8 Å². The van der Waals surface area contributed by atoms with Crippen LogP contribution in [0.1, 0.15) is 104 Å². The van der Waals surface area contributed by atoms with Crippen molar-refractivity contribution in [2.45, 2.75) is 104 Å². The summed E-state index contributed by atoms with van der Waals surface area (Å²) in [5.41, 5.74) is 0. The molecular formula is C19H38O2. The molecular weight excluding hydrogens is 260 g/mol. The van der Waals surface area contributed by atoms with E-state index in [1.54, 1.807) is 0 Å². The van der Waals surface area contributed by atoms with Crippen molar-refractivity contribution in [3.05, 3.63) is 0 Å². The Bertz CT molecular complexity index is 238. The van der Waals surface area contributed by atoms with Crippen molar-refractivity contribution in [1.82, 2.24) is 0 Å². The first-order chi connectivity index (χ1) is 10.1. The van der Waals surface area contributed by atoms with Crippen molar-refractivity contribution in [3.8, 4) is 0 Å². The van der Waals surface area contributed by atoms with Gasteiger partial charge in [0, 0.05) is 0 Å². The first kappa shape index (κ1) is 20.5. The van der Waals surface area contributed by atoms with Gasteiger partial charge in [0.1, 0.15) is 0 Å². The summed E-state index contributed by atoms with van der Waals surface area (Å²) < 4.78 is 0. The van der Waals surface area contributed by atoms with Gasteiger partial charge >= 0.3 is 5.97 Å². The SMILES string of the molecule is CCCCCCC(C)CCCCCCCCC(C)C(=O)O. The Hall–Kier alpha value is -0.530. The molecule has 0 bridgehead atoms. The molecule has 0 radical (unpaired) electrons. The van der Waals surface area contributed by atoms with E-state index in [1.165, 1.54) is 70.6 Å². The van der Waals surface area contributed by atoms with Gasteiger partial charge in [-0.2, -0.15) is 0 Å². The van der Waals surface area contributed by atoms with E-state index in [4.69, 9.17) is 5.11 Å². The zero-order chi connectivity index (χ0) is 15.9. The lowest BCUT2D eigenvalue weighted by molar-refractivity contribution is -0.141. The number of aliphatic carboxylic acids is 1. The van der Waals surface area contributed by atoms with Gasteiger partial charge in [0.05, 0.1) is 5.92 Å². The Balaban J connectivity index is 3.22. The summed E-state index contributed by atoms with van der Waals surface area (Å²) in [5, 5.41) is 8.80. The van der Waals surface area contributed by atoms with Gasteiger partial charge in [0.15, 0.2) is 0 Å². The summed E-state index contributed by atoms with van der Waals surface area (Å²) in [4.78, 5) is 10.7. The van der Waals surface area contributed by atoms with Crippen LogP contribution >= 0.6 is 0 Å². The number of hydrogen-bond acceptors (Lipinski definition) is 1. The predicted octanol–water partition coefficient (Wildman–Crippen LogP) is 6.43. The van der Waals surface area contributed by atoms with Gasteiger partial charge in [-0.15, -0.1) is 0 Å². The van der Waals surface area contributed by atoms with Gasteiger partial charge in [-0.3, -0.25) is 4.79 Å². The van der Waals surface area contributed by atoms with Gasteiger partial charge in [-0.05, 0) is 12.3 Å². The van der Waals surface area contributed by atoms with Crippen molar-refractivity contribution in [1.29, 1.82) is 0 Å². The van der Waals surface area contributed by atoms with Crippen LogP contribution in [-0.4, -0.2) is 11.1 Å². The second-order valence-electron chi connectivity index (χ2n) is 6.89. The molecule has 0 aromatic rings. The largest absolute Gasteiger partial charge is 0.481 e. The lowest BCUT2D eigenvalue weighted by Crippen LogP contribution is -2.08. The molecule has 0 fully saturated rings. The number of hydrogen-bond donors (Lipinski definition) is 1. The maximum Gasteiger partial charge on any atom is 0.306 e. The van der Waals surface area contributed by atoms with Gasteiger partial charge < -0.3 is 5.11 Å². The van der Waals surface area contributed by atoms with E-state index >= 15 is 0 Å².